The number of aliphatic hydroxyl groups is 2. The molecule has 15 heteroatoms. The highest BCUT2D eigenvalue weighted by Crippen LogP contribution is 2.37. The number of aromatic nitrogens is 2. The Hall–Kier alpha value is -4.83. The standard InChI is InChI=1S/C39H45F3N6O6/c1-38(2,30-22-54-46-34(30)26-10-4-3-5-11-26)48-16-15-47(31(21-48)37(52)44-24-39(40,41)42)20-28(49)18-27(17-25-9-8-14-43-19-25)36(51)45-35-29-12-6-7-13-33(29)53-23-32(35)50/h3-14,19,22,27-28,31-32,35,49-50H,15-18,20-21,23-24H2,1-2H3,(H,44,52)(H,45,51)/t27-,28+,31+,32-,35+/m1/s1. The molecule has 1 fully saturated rings. The molecule has 5 atom stereocenters. The molecule has 288 valence electrons. The monoisotopic (exact) mass is 750 g/mol. The number of β-amino-alcohol motifs (C(OH)–C–C–N with tert-alkyl or cyclic N) is 1. The van der Waals surface area contributed by atoms with Gasteiger partial charge in [0.2, 0.25) is 11.8 Å². The molecule has 0 unspecified atom stereocenters. The topological polar surface area (TPSA) is 153 Å². The number of ether oxygens (including phenoxy) is 1. The number of alkyl halides is 3. The fourth-order valence-electron chi connectivity index (χ4n) is 7.30. The summed E-state index contributed by atoms with van der Waals surface area (Å²) in [5, 5.41) is 31.6. The predicted molar refractivity (Wildman–Crippen MR) is 192 cm³/mol. The van der Waals surface area contributed by atoms with Crippen molar-refractivity contribution in [1.82, 2.24) is 30.6 Å². The van der Waals surface area contributed by atoms with Crippen LogP contribution in [0, 0.1) is 5.92 Å². The number of halogens is 3. The van der Waals surface area contributed by atoms with Gasteiger partial charge in [0, 0.05) is 66.7 Å². The minimum atomic E-state index is -4.62. The van der Waals surface area contributed by atoms with E-state index in [0.29, 0.717) is 23.6 Å². The summed E-state index contributed by atoms with van der Waals surface area (Å²) >= 11 is 0. The Morgan fingerprint density at radius 1 is 1.04 bits per heavy atom. The molecule has 6 rings (SSSR count). The van der Waals surface area contributed by atoms with Crippen LogP contribution in [0.5, 0.6) is 5.75 Å². The summed E-state index contributed by atoms with van der Waals surface area (Å²) in [4.78, 5) is 35.3. The summed E-state index contributed by atoms with van der Waals surface area (Å²) in [6.45, 7) is 2.98. The highest BCUT2D eigenvalue weighted by atomic mass is 19.4. The molecule has 1 saturated heterocycles. The zero-order valence-corrected chi connectivity index (χ0v) is 30.1. The predicted octanol–water partition coefficient (Wildman–Crippen LogP) is 3.86. The maximum Gasteiger partial charge on any atom is 0.405 e. The molecule has 4 aromatic rings. The summed E-state index contributed by atoms with van der Waals surface area (Å²) in [7, 11) is 0. The number of benzene rings is 2. The molecule has 2 aliphatic heterocycles. The second-order valence-electron chi connectivity index (χ2n) is 14.3. The van der Waals surface area contributed by atoms with Crippen LogP contribution in [-0.2, 0) is 21.5 Å². The zero-order valence-electron chi connectivity index (χ0n) is 30.1. The van der Waals surface area contributed by atoms with Crippen LogP contribution in [0.25, 0.3) is 11.3 Å². The average Bonchev–Trinajstić information content (AvgIpc) is 3.67. The van der Waals surface area contributed by atoms with E-state index in [9.17, 15) is 33.0 Å². The van der Waals surface area contributed by atoms with Crippen molar-refractivity contribution in [3.8, 4) is 17.0 Å². The van der Waals surface area contributed by atoms with Crippen LogP contribution in [0.2, 0.25) is 0 Å². The van der Waals surface area contributed by atoms with E-state index < -0.39 is 60.3 Å². The largest absolute Gasteiger partial charge is 0.490 e. The van der Waals surface area contributed by atoms with E-state index in [-0.39, 0.29) is 39.1 Å². The number of pyridine rings is 1. The van der Waals surface area contributed by atoms with Crippen molar-refractivity contribution in [2.45, 2.75) is 62.7 Å². The maximum absolute atomic E-state index is 13.9. The van der Waals surface area contributed by atoms with Crippen LogP contribution in [0.1, 0.15) is 43.0 Å². The number of carbonyl (C=O) groups excluding carboxylic acids is 2. The van der Waals surface area contributed by atoms with E-state index in [0.717, 1.165) is 16.7 Å². The van der Waals surface area contributed by atoms with Crippen LogP contribution >= 0.6 is 0 Å². The van der Waals surface area contributed by atoms with Gasteiger partial charge in [-0.3, -0.25) is 24.4 Å². The molecule has 2 aromatic carbocycles. The second-order valence-corrected chi connectivity index (χ2v) is 14.3. The number of para-hydroxylation sites is 1. The molecular weight excluding hydrogens is 705 g/mol. The number of amides is 2. The van der Waals surface area contributed by atoms with Crippen LogP contribution in [0.4, 0.5) is 13.2 Å². The van der Waals surface area contributed by atoms with E-state index in [1.807, 2.05) is 60.5 Å². The Morgan fingerprint density at radius 2 is 1.80 bits per heavy atom. The molecule has 2 aliphatic rings. The van der Waals surface area contributed by atoms with Gasteiger partial charge in [0.15, 0.2) is 0 Å². The van der Waals surface area contributed by atoms with Crippen molar-refractivity contribution in [2.24, 2.45) is 5.92 Å². The third-order valence-electron chi connectivity index (χ3n) is 10.2. The first-order chi connectivity index (χ1) is 25.8. The van der Waals surface area contributed by atoms with E-state index in [1.165, 1.54) is 0 Å². The smallest absolute Gasteiger partial charge is 0.405 e. The SMILES string of the molecule is CC(C)(c1conc1-c1ccccc1)N1CCN(C[C@@H](O)C[C@@H](Cc2cccnc2)C(=O)N[C@H]2c3ccccc3OC[C@H]2O)[C@H](C(=O)NCC(F)(F)F)C1. The number of rotatable bonds is 13. The molecular formula is C39H45F3N6O6. The lowest BCUT2D eigenvalue weighted by Gasteiger charge is -2.47. The van der Waals surface area contributed by atoms with Crippen LogP contribution in [0.15, 0.2) is 89.9 Å². The van der Waals surface area contributed by atoms with Crippen molar-refractivity contribution in [1.29, 1.82) is 0 Å². The van der Waals surface area contributed by atoms with E-state index in [2.05, 4.69) is 15.5 Å². The summed E-state index contributed by atoms with van der Waals surface area (Å²) in [5.41, 5.74) is 2.82. The quantitative estimate of drug-likeness (QED) is 0.159. The van der Waals surface area contributed by atoms with Gasteiger partial charge in [0.1, 0.15) is 43.0 Å². The molecule has 0 spiro atoms. The molecule has 2 amide bonds. The average molecular weight is 751 g/mol. The summed E-state index contributed by atoms with van der Waals surface area (Å²) in [6.07, 6.45) is -1.81. The van der Waals surface area contributed by atoms with Gasteiger partial charge in [-0.15, -0.1) is 0 Å². The number of fused-ring (bicyclic) bond motifs is 1. The summed E-state index contributed by atoms with van der Waals surface area (Å²) < 4.78 is 50.8. The molecule has 0 aliphatic carbocycles. The Labute approximate surface area is 311 Å². The molecule has 4 N–H and O–H groups in total. The molecule has 12 nitrogen and oxygen atoms in total. The van der Waals surface area contributed by atoms with Crippen molar-refractivity contribution in [3.63, 3.8) is 0 Å². The number of carbonyl (C=O) groups is 2. The van der Waals surface area contributed by atoms with Crippen LogP contribution < -0.4 is 15.4 Å². The Morgan fingerprint density at radius 3 is 2.54 bits per heavy atom. The first kappa shape index (κ1) is 38.9. The molecule has 0 saturated carbocycles. The second kappa shape index (κ2) is 16.7. The maximum atomic E-state index is 13.9. The van der Waals surface area contributed by atoms with Gasteiger partial charge < -0.3 is 30.1 Å². The first-order valence-electron chi connectivity index (χ1n) is 17.9. The van der Waals surface area contributed by atoms with E-state index in [1.54, 1.807) is 53.9 Å². The lowest BCUT2D eigenvalue weighted by Crippen LogP contribution is -2.63. The molecule has 0 bridgehead atoms. The number of aliphatic hydroxyl groups excluding tert-OH is 2. The van der Waals surface area contributed by atoms with Crippen LogP contribution in [-0.4, -0.2) is 106 Å². The lowest BCUT2D eigenvalue weighted by atomic mass is 9.88. The van der Waals surface area contributed by atoms with Gasteiger partial charge >= 0.3 is 6.18 Å². The van der Waals surface area contributed by atoms with Crippen LogP contribution in [0.3, 0.4) is 0 Å². The number of nitrogens with one attached hydrogen (secondary N) is 2. The van der Waals surface area contributed by atoms with Crippen molar-refractivity contribution in [2.75, 3.05) is 39.3 Å². The normalized spacial score (nSPS) is 20.7. The number of hydrogen-bond donors (Lipinski definition) is 4. The Bertz CT molecular complexity index is 1860. The number of hydrogen-bond acceptors (Lipinski definition) is 10. The van der Waals surface area contributed by atoms with Gasteiger partial charge in [-0.25, -0.2) is 0 Å². The summed E-state index contributed by atoms with van der Waals surface area (Å²) in [6, 6.07) is 18.3. The minimum Gasteiger partial charge on any atom is -0.490 e. The third-order valence-corrected chi connectivity index (χ3v) is 10.2. The van der Waals surface area contributed by atoms with Crippen molar-refractivity contribution in [3.05, 3.63) is 102 Å². The lowest BCUT2D eigenvalue weighted by molar-refractivity contribution is -0.144. The Balaban J connectivity index is 1.20. The van der Waals surface area contributed by atoms with Gasteiger partial charge in [0.05, 0.1) is 12.1 Å². The van der Waals surface area contributed by atoms with Crippen molar-refractivity contribution < 1.29 is 42.2 Å². The molecule has 2 aromatic heterocycles. The van der Waals surface area contributed by atoms with E-state index >= 15 is 0 Å². The highest BCUT2D eigenvalue weighted by Gasteiger charge is 2.42. The third kappa shape index (κ3) is 9.27. The Kier molecular flexibility index (Phi) is 12.0. The molecule has 54 heavy (non-hydrogen) atoms. The fourth-order valence-corrected chi connectivity index (χ4v) is 7.30. The van der Waals surface area contributed by atoms with Crippen molar-refractivity contribution >= 4 is 11.8 Å². The number of piperazine rings is 1. The first-order valence-corrected chi connectivity index (χ1v) is 17.9. The summed E-state index contributed by atoms with van der Waals surface area (Å²) in [5.74, 6) is -1.47. The fraction of sp³-hybridized carbons (Fsp3) is 0.436. The van der Waals surface area contributed by atoms with Gasteiger partial charge in [0.25, 0.3) is 0 Å². The van der Waals surface area contributed by atoms with E-state index in [4.69, 9.17) is 9.26 Å². The number of nitrogens with zero attached hydrogens (tertiary/aromatic N) is 4. The molecule has 4 heterocycles. The van der Waals surface area contributed by atoms with Gasteiger partial charge in [-0.1, -0.05) is 59.8 Å². The van der Waals surface area contributed by atoms with Gasteiger partial charge in [-0.05, 0) is 44.4 Å². The minimum absolute atomic E-state index is 0.0108. The zero-order chi connectivity index (χ0) is 38.5. The highest BCUT2D eigenvalue weighted by molar-refractivity contribution is 5.82. The van der Waals surface area contributed by atoms with Gasteiger partial charge in [-0.2, -0.15) is 13.2 Å². The molecule has 0 radical (unpaired) electrons.